The Morgan fingerprint density at radius 2 is 1.63 bits per heavy atom. The Hall–Kier alpha value is -0.570. The molecule has 2 saturated carbocycles. The Morgan fingerprint density at radius 3 is 2.16 bits per heavy atom. The van der Waals surface area contributed by atoms with E-state index in [0.29, 0.717) is 11.8 Å². The molecule has 19 heavy (non-hydrogen) atoms. The lowest BCUT2D eigenvalue weighted by atomic mass is 9.43. The molecule has 4 aliphatic rings. The third kappa shape index (κ3) is 1.40. The van der Waals surface area contributed by atoms with Crippen molar-refractivity contribution >= 4 is 5.91 Å². The second-order valence-electron chi connectivity index (χ2n) is 8.32. The summed E-state index contributed by atoms with van der Waals surface area (Å²) in [6.07, 6.45) is 3.35. The molecule has 0 aromatic heterocycles. The van der Waals surface area contributed by atoms with Gasteiger partial charge in [-0.15, -0.1) is 0 Å². The van der Waals surface area contributed by atoms with Crippen molar-refractivity contribution in [2.24, 2.45) is 22.7 Å². The summed E-state index contributed by atoms with van der Waals surface area (Å²) in [5, 5.41) is 3.18. The Kier molecular flexibility index (Phi) is 2.37. The van der Waals surface area contributed by atoms with Crippen LogP contribution in [0.15, 0.2) is 0 Å². The van der Waals surface area contributed by atoms with Crippen molar-refractivity contribution in [1.29, 1.82) is 0 Å². The highest BCUT2D eigenvalue weighted by molar-refractivity contribution is 5.73. The molecule has 0 radical (unpaired) electrons. The van der Waals surface area contributed by atoms with E-state index in [1.54, 1.807) is 6.92 Å². The van der Waals surface area contributed by atoms with Crippen LogP contribution in [0, 0.1) is 22.7 Å². The number of carbonyl (C=O) groups excluding carboxylic acids is 1. The van der Waals surface area contributed by atoms with Gasteiger partial charge in [-0.1, -0.05) is 27.7 Å². The van der Waals surface area contributed by atoms with Crippen molar-refractivity contribution < 1.29 is 9.53 Å². The molecule has 4 bridgehead atoms. The first-order valence-electron chi connectivity index (χ1n) is 7.53. The van der Waals surface area contributed by atoms with Crippen LogP contribution in [0.25, 0.3) is 0 Å². The SMILES string of the molecule is CC(=O)N[C@@]12C[C@@H]3C[C@@H](C[C@](C)(O1)C3(C)C)C2(C)C. The molecule has 2 saturated heterocycles. The fraction of sp³-hybridized carbons (Fsp3) is 0.938. The molecule has 108 valence electrons. The summed E-state index contributed by atoms with van der Waals surface area (Å²) in [4.78, 5) is 11.7. The summed E-state index contributed by atoms with van der Waals surface area (Å²) >= 11 is 0. The average molecular weight is 265 g/mol. The fourth-order valence-corrected chi connectivity index (χ4v) is 4.97. The molecule has 4 rings (SSSR count). The van der Waals surface area contributed by atoms with Crippen molar-refractivity contribution in [1.82, 2.24) is 5.32 Å². The Bertz CT molecular complexity index is 442. The molecule has 4 atom stereocenters. The lowest BCUT2D eigenvalue weighted by Gasteiger charge is -2.73. The van der Waals surface area contributed by atoms with E-state index in [9.17, 15) is 4.79 Å². The summed E-state index contributed by atoms with van der Waals surface area (Å²) in [5.41, 5.74) is -0.362. The van der Waals surface area contributed by atoms with E-state index in [-0.39, 0.29) is 22.3 Å². The maximum Gasteiger partial charge on any atom is 0.219 e. The Labute approximate surface area is 116 Å². The highest BCUT2D eigenvalue weighted by Crippen LogP contribution is 2.69. The normalized spacial score (nSPS) is 49.2. The maximum atomic E-state index is 11.7. The average Bonchev–Trinajstić information content (AvgIpc) is 2.18. The number of carbonyl (C=O) groups is 1. The molecule has 0 spiro atoms. The molecule has 2 heterocycles. The van der Waals surface area contributed by atoms with Crippen molar-refractivity contribution in [3.8, 4) is 0 Å². The van der Waals surface area contributed by atoms with Crippen LogP contribution < -0.4 is 5.32 Å². The zero-order chi connectivity index (χ0) is 14.3. The van der Waals surface area contributed by atoms with Gasteiger partial charge in [0.2, 0.25) is 5.91 Å². The van der Waals surface area contributed by atoms with Crippen LogP contribution in [0.5, 0.6) is 0 Å². The molecule has 0 aromatic rings. The van der Waals surface area contributed by atoms with Crippen LogP contribution in [0.1, 0.15) is 60.8 Å². The second-order valence-corrected chi connectivity index (χ2v) is 8.32. The molecule has 2 aliphatic heterocycles. The van der Waals surface area contributed by atoms with Crippen LogP contribution in [-0.4, -0.2) is 17.2 Å². The topological polar surface area (TPSA) is 38.3 Å². The van der Waals surface area contributed by atoms with E-state index in [1.165, 1.54) is 6.42 Å². The van der Waals surface area contributed by atoms with Gasteiger partial charge in [-0.25, -0.2) is 0 Å². The number of hydrogen-bond donors (Lipinski definition) is 1. The first kappa shape index (κ1) is 13.4. The Morgan fingerprint density at radius 1 is 1.05 bits per heavy atom. The number of nitrogens with one attached hydrogen (secondary N) is 1. The monoisotopic (exact) mass is 265 g/mol. The van der Waals surface area contributed by atoms with E-state index < -0.39 is 5.72 Å². The molecule has 0 aromatic carbocycles. The highest BCUT2D eigenvalue weighted by Gasteiger charge is 2.71. The molecule has 0 unspecified atom stereocenters. The van der Waals surface area contributed by atoms with Gasteiger partial charge in [-0.05, 0) is 43.4 Å². The van der Waals surface area contributed by atoms with Gasteiger partial charge in [0.1, 0.15) is 5.72 Å². The number of hydrogen-bond acceptors (Lipinski definition) is 2. The van der Waals surface area contributed by atoms with Gasteiger partial charge in [0.15, 0.2) is 0 Å². The zero-order valence-electron chi connectivity index (χ0n) is 13.1. The molecular weight excluding hydrogens is 238 g/mol. The summed E-state index contributed by atoms with van der Waals surface area (Å²) in [6.45, 7) is 13.1. The van der Waals surface area contributed by atoms with Crippen LogP contribution in [-0.2, 0) is 9.53 Å². The van der Waals surface area contributed by atoms with Gasteiger partial charge in [0.05, 0.1) is 5.60 Å². The van der Waals surface area contributed by atoms with Crippen molar-refractivity contribution in [2.75, 3.05) is 0 Å². The summed E-state index contributed by atoms with van der Waals surface area (Å²) in [5.74, 6) is 1.31. The van der Waals surface area contributed by atoms with Gasteiger partial charge in [-0.2, -0.15) is 0 Å². The molecule has 1 N–H and O–H groups in total. The number of amides is 1. The second kappa shape index (κ2) is 3.36. The van der Waals surface area contributed by atoms with Crippen molar-refractivity contribution in [2.45, 2.75) is 72.1 Å². The summed E-state index contributed by atoms with van der Waals surface area (Å²) in [7, 11) is 0. The van der Waals surface area contributed by atoms with Crippen LogP contribution in [0.3, 0.4) is 0 Å². The predicted molar refractivity (Wildman–Crippen MR) is 74.4 cm³/mol. The third-order valence-corrected chi connectivity index (χ3v) is 6.96. The van der Waals surface area contributed by atoms with Gasteiger partial charge in [-0.3, -0.25) is 4.79 Å². The van der Waals surface area contributed by atoms with E-state index in [2.05, 4.69) is 39.9 Å². The van der Waals surface area contributed by atoms with Crippen LogP contribution >= 0.6 is 0 Å². The minimum Gasteiger partial charge on any atom is -0.348 e. The van der Waals surface area contributed by atoms with E-state index >= 15 is 0 Å². The smallest absolute Gasteiger partial charge is 0.219 e. The highest BCUT2D eigenvalue weighted by atomic mass is 16.5. The number of rotatable bonds is 1. The first-order chi connectivity index (χ1) is 8.54. The molecule has 3 nitrogen and oxygen atoms in total. The lowest BCUT2D eigenvalue weighted by Crippen LogP contribution is -2.78. The molecule has 4 fully saturated rings. The van der Waals surface area contributed by atoms with E-state index in [1.807, 2.05) is 0 Å². The summed E-state index contributed by atoms with van der Waals surface area (Å²) < 4.78 is 6.61. The standard InChI is InChI=1S/C16H27NO2/c1-10(18)17-16-9-12-7-11(14(16,4)5)8-15(6,19-16)13(12,2)3/h11-12H,7-9H2,1-6H3,(H,17,18)/t11-,12-,15-,16-/m0/s1. The molecule has 1 amide bonds. The molecule has 2 aliphatic carbocycles. The van der Waals surface area contributed by atoms with Gasteiger partial charge in [0, 0.05) is 12.3 Å². The lowest BCUT2D eigenvalue weighted by molar-refractivity contribution is -0.373. The van der Waals surface area contributed by atoms with Gasteiger partial charge < -0.3 is 10.1 Å². The predicted octanol–water partition coefficient (Wildman–Crippen LogP) is 3.09. The molecular formula is C16H27NO2. The van der Waals surface area contributed by atoms with Crippen LogP contribution in [0.2, 0.25) is 0 Å². The fourth-order valence-electron chi connectivity index (χ4n) is 4.97. The largest absolute Gasteiger partial charge is 0.348 e. The quantitative estimate of drug-likeness (QED) is 0.791. The number of ether oxygens (including phenoxy) is 1. The molecule has 3 heteroatoms. The van der Waals surface area contributed by atoms with E-state index in [4.69, 9.17) is 4.74 Å². The van der Waals surface area contributed by atoms with Crippen LogP contribution in [0.4, 0.5) is 0 Å². The maximum absolute atomic E-state index is 11.7. The van der Waals surface area contributed by atoms with Gasteiger partial charge >= 0.3 is 0 Å². The Balaban J connectivity index is 2.08. The van der Waals surface area contributed by atoms with Crippen molar-refractivity contribution in [3.63, 3.8) is 0 Å². The van der Waals surface area contributed by atoms with Gasteiger partial charge in [0.25, 0.3) is 0 Å². The van der Waals surface area contributed by atoms with E-state index in [0.717, 1.165) is 12.8 Å². The third-order valence-electron chi connectivity index (χ3n) is 6.96. The summed E-state index contributed by atoms with van der Waals surface area (Å²) in [6, 6.07) is 0. The van der Waals surface area contributed by atoms with Crippen molar-refractivity contribution in [3.05, 3.63) is 0 Å². The minimum absolute atomic E-state index is 0.0190. The zero-order valence-corrected chi connectivity index (χ0v) is 13.1. The minimum atomic E-state index is -0.463. The first-order valence-corrected chi connectivity index (χ1v) is 7.53.